The SMILES string of the molecule is C[SiH2]CCCNCCN.[NaH]. The van der Waals surface area contributed by atoms with Crippen molar-refractivity contribution in [1.82, 2.24) is 5.32 Å². The third kappa shape index (κ3) is 11.9. The van der Waals surface area contributed by atoms with Crippen LogP contribution in [0.1, 0.15) is 6.42 Å². The van der Waals surface area contributed by atoms with E-state index in [9.17, 15) is 0 Å². The average molecular weight is 170 g/mol. The third-order valence-corrected chi connectivity index (χ3v) is 2.49. The van der Waals surface area contributed by atoms with Crippen LogP contribution in [-0.4, -0.2) is 58.7 Å². The molecular weight excluding hydrogens is 151 g/mol. The second-order valence-corrected chi connectivity index (χ2v) is 3.95. The van der Waals surface area contributed by atoms with Crippen molar-refractivity contribution < 1.29 is 0 Å². The summed E-state index contributed by atoms with van der Waals surface area (Å²) in [7, 11) is 0.308. The van der Waals surface area contributed by atoms with Crippen molar-refractivity contribution in [2.45, 2.75) is 19.0 Å². The van der Waals surface area contributed by atoms with Crippen LogP contribution in [0.2, 0.25) is 12.6 Å². The van der Waals surface area contributed by atoms with E-state index in [-0.39, 0.29) is 29.6 Å². The van der Waals surface area contributed by atoms with Crippen LogP contribution in [-0.2, 0) is 0 Å². The molecule has 10 heavy (non-hydrogen) atoms. The van der Waals surface area contributed by atoms with Crippen molar-refractivity contribution in [3.05, 3.63) is 0 Å². The Hall–Kier alpha value is 1.14. The first-order valence-electron chi connectivity index (χ1n) is 3.82. The topological polar surface area (TPSA) is 38.0 Å². The molecule has 0 aliphatic heterocycles. The van der Waals surface area contributed by atoms with E-state index in [4.69, 9.17) is 5.73 Å². The summed E-state index contributed by atoms with van der Waals surface area (Å²) in [5.74, 6) is 0. The summed E-state index contributed by atoms with van der Waals surface area (Å²) in [4.78, 5) is 0. The van der Waals surface area contributed by atoms with Crippen LogP contribution in [0.3, 0.4) is 0 Å². The fourth-order valence-corrected chi connectivity index (χ4v) is 1.48. The van der Waals surface area contributed by atoms with Crippen LogP contribution in [0.15, 0.2) is 0 Å². The van der Waals surface area contributed by atoms with Gasteiger partial charge in [-0.25, -0.2) is 0 Å². The van der Waals surface area contributed by atoms with Gasteiger partial charge in [0.15, 0.2) is 0 Å². The van der Waals surface area contributed by atoms with Crippen LogP contribution >= 0.6 is 0 Å². The van der Waals surface area contributed by atoms with Gasteiger partial charge in [0, 0.05) is 22.6 Å². The molecule has 4 heteroatoms. The quantitative estimate of drug-likeness (QED) is 0.393. The van der Waals surface area contributed by atoms with E-state index in [0.29, 0.717) is 9.52 Å². The van der Waals surface area contributed by atoms with Gasteiger partial charge in [-0.15, -0.1) is 0 Å². The van der Waals surface area contributed by atoms with Crippen LogP contribution in [0.5, 0.6) is 0 Å². The summed E-state index contributed by atoms with van der Waals surface area (Å²) in [6.45, 7) is 5.26. The summed E-state index contributed by atoms with van der Waals surface area (Å²) in [5, 5.41) is 3.27. The molecule has 58 valence electrons. The third-order valence-electron chi connectivity index (χ3n) is 1.28. The van der Waals surface area contributed by atoms with E-state index in [0.717, 1.165) is 19.6 Å². The zero-order chi connectivity index (χ0) is 6.95. The summed E-state index contributed by atoms with van der Waals surface area (Å²) >= 11 is 0. The standard InChI is InChI=1S/C6H18N2Si.Na.H/c1-9-6-2-4-8-5-3-7;;/h8H,2-7,9H2,1H3;;. The number of hydrogen-bond acceptors (Lipinski definition) is 2. The minimum atomic E-state index is 0. The van der Waals surface area contributed by atoms with Crippen molar-refractivity contribution in [1.29, 1.82) is 0 Å². The van der Waals surface area contributed by atoms with Crippen LogP contribution in [0.4, 0.5) is 0 Å². The van der Waals surface area contributed by atoms with Crippen LogP contribution < -0.4 is 11.1 Å². The van der Waals surface area contributed by atoms with Gasteiger partial charge in [-0.1, -0.05) is 12.6 Å². The van der Waals surface area contributed by atoms with Gasteiger partial charge in [-0.2, -0.15) is 0 Å². The van der Waals surface area contributed by atoms with Crippen molar-refractivity contribution >= 4 is 39.1 Å². The van der Waals surface area contributed by atoms with E-state index in [2.05, 4.69) is 11.9 Å². The van der Waals surface area contributed by atoms with Crippen LogP contribution in [0.25, 0.3) is 0 Å². The van der Waals surface area contributed by atoms with Crippen molar-refractivity contribution in [2.75, 3.05) is 19.6 Å². The molecule has 0 aromatic carbocycles. The fraction of sp³-hybridized carbons (Fsp3) is 1.00. The molecule has 0 atom stereocenters. The molecular formula is C6H19N2NaSi. The predicted octanol–water partition coefficient (Wildman–Crippen LogP) is -1.09. The molecule has 0 saturated heterocycles. The second-order valence-electron chi connectivity index (χ2n) is 2.25. The number of nitrogens with one attached hydrogen (secondary N) is 1. The number of hydrogen-bond donors (Lipinski definition) is 2. The average Bonchev–Trinajstić information content (AvgIpc) is 1.89. The molecule has 0 rings (SSSR count). The van der Waals surface area contributed by atoms with Crippen molar-refractivity contribution in [3.8, 4) is 0 Å². The van der Waals surface area contributed by atoms with E-state index < -0.39 is 0 Å². The molecule has 2 nitrogen and oxygen atoms in total. The van der Waals surface area contributed by atoms with E-state index in [1.54, 1.807) is 0 Å². The molecule has 0 aromatic rings. The minimum absolute atomic E-state index is 0. The number of nitrogens with two attached hydrogens (primary N) is 1. The van der Waals surface area contributed by atoms with Gasteiger partial charge in [0.25, 0.3) is 0 Å². The van der Waals surface area contributed by atoms with Gasteiger partial charge in [0.1, 0.15) is 0 Å². The van der Waals surface area contributed by atoms with E-state index >= 15 is 0 Å². The summed E-state index contributed by atoms with van der Waals surface area (Å²) in [6.07, 6.45) is 1.35. The normalized spacial score (nSPS) is 10.2. The first-order valence-corrected chi connectivity index (χ1v) is 6.24. The molecule has 0 fully saturated rings. The Balaban J connectivity index is 0. The van der Waals surface area contributed by atoms with Gasteiger partial charge >= 0.3 is 29.6 Å². The van der Waals surface area contributed by atoms with Gasteiger partial charge in [-0.05, 0) is 13.0 Å². The molecule has 0 amide bonds. The Kier molecular flexibility index (Phi) is 17.5. The predicted molar refractivity (Wildman–Crippen MR) is 52.9 cm³/mol. The Bertz CT molecular complexity index is 49.0. The van der Waals surface area contributed by atoms with E-state index in [1.165, 1.54) is 12.5 Å². The monoisotopic (exact) mass is 170 g/mol. The molecule has 3 N–H and O–H groups in total. The maximum absolute atomic E-state index is 5.29. The van der Waals surface area contributed by atoms with Gasteiger partial charge in [-0.3, -0.25) is 0 Å². The van der Waals surface area contributed by atoms with Gasteiger partial charge in [0.2, 0.25) is 0 Å². The zero-order valence-corrected chi connectivity index (χ0v) is 7.73. The molecule has 0 saturated carbocycles. The Morgan fingerprint density at radius 2 is 2.10 bits per heavy atom. The summed E-state index contributed by atoms with van der Waals surface area (Å²) in [6, 6.07) is 1.47. The second kappa shape index (κ2) is 12.8. The van der Waals surface area contributed by atoms with Crippen molar-refractivity contribution in [2.24, 2.45) is 5.73 Å². The van der Waals surface area contributed by atoms with Gasteiger partial charge < -0.3 is 11.1 Å². The summed E-state index contributed by atoms with van der Waals surface area (Å²) < 4.78 is 0. The maximum atomic E-state index is 5.29. The molecule has 0 aliphatic carbocycles. The molecule has 0 unspecified atom stereocenters. The van der Waals surface area contributed by atoms with Crippen LogP contribution in [0, 0.1) is 0 Å². The summed E-state index contributed by atoms with van der Waals surface area (Å²) in [5.41, 5.74) is 5.29. The Morgan fingerprint density at radius 1 is 1.40 bits per heavy atom. The first kappa shape index (κ1) is 13.7. The molecule has 0 bridgehead atoms. The van der Waals surface area contributed by atoms with E-state index in [1.807, 2.05) is 0 Å². The first-order chi connectivity index (χ1) is 4.41. The molecule has 0 heterocycles. The fourth-order valence-electron chi connectivity index (χ4n) is 0.727. The molecule has 0 aliphatic rings. The van der Waals surface area contributed by atoms with Crippen molar-refractivity contribution in [3.63, 3.8) is 0 Å². The molecule has 0 spiro atoms. The Labute approximate surface area is 88.4 Å². The van der Waals surface area contributed by atoms with Gasteiger partial charge in [0.05, 0.1) is 0 Å². The molecule has 0 aromatic heterocycles. The number of rotatable bonds is 6. The Morgan fingerprint density at radius 3 is 2.60 bits per heavy atom. The zero-order valence-electron chi connectivity index (χ0n) is 6.32. The molecule has 0 radical (unpaired) electrons.